The van der Waals surface area contributed by atoms with Crippen molar-refractivity contribution in [3.05, 3.63) is 161 Å². The quantitative estimate of drug-likeness (QED) is 0.334. The highest BCUT2D eigenvalue weighted by molar-refractivity contribution is 5.62. The Kier molecular flexibility index (Phi) is 8.43. The molecule has 0 N–H and O–H groups in total. The molecule has 2 heteroatoms. The third-order valence-corrected chi connectivity index (χ3v) is 8.22. The SMILES string of the molecule is C1=CCC(N(C2=CCCC=C2)C2=CC=C(/C=C/C3=CC=C(N(C4=CCCC=C4)c4ccccc4)CC3)CC2)C=C1. The topological polar surface area (TPSA) is 6.48 Å². The first-order valence-electron chi connectivity index (χ1n) is 15.0. The van der Waals surface area contributed by atoms with Gasteiger partial charge in [-0.2, -0.15) is 0 Å². The van der Waals surface area contributed by atoms with Crippen molar-refractivity contribution < 1.29 is 0 Å². The second kappa shape index (κ2) is 12.9. The number of allylic oxidation sites excluding steroid dienone is 18. The van der Waals surface area contributed by atoms with Gasteiger partial charge < -0.3 is 9.80 Å². The summed E-state index contributed by atoms with van der Waals surface area (Å²) in [7, 11) is 0. The molecule has 0 saturated heterocycles. The van der Waals surface area contributed by atoms with Gasteiger partial charge in [0.2, 0.25) is 0 Å². The lowest BCUT2D eigenvalue weighted by molar-refractivity contribution is 0.355. The molecule has 5 aliphatic carbocycles. The zero-order valence-corrected chi connectivity index (χ0v) is 23.5. The van der Waals surface area contributed by atoms with Crippen molar-refractivity contribution in [3.63, 3.8) is 0 Å². The average Bonchev–Trinajstić information content (AvgIpc) is 3.04. The zero-order valence-electron chi connectivity index (χ0n) is 23.5. The largest absolute Gasteiger partial charge is 0.338 e. The summed E-state index contributed by atoms with van der Waals surface area (Å²) in [6.45, 7) is 0. The monoisotopic (exact) mass is 524 g/mol. The van der Waals surface area contributed by atoms with Crippen molar-refractivity contribution in [3.8, 4) is 0 Å². The molecule has 1 aromatic carbocycles. The molecule has 0 amide bonds. The molecular weight excluding hydrogens is 484 g/mol. The Bertz CT molecular complexity index is 1410. The van der Waals surface area contributed by atoms with Crippen molar-refractivity contribution in [2.45, 2.75) is 63.8 Å². The number of para-hydroxylation sites is 1. The van der Waals surface area contributed by atoms with Crippen LogP contribution in [0.15, 0.2) is 161 Å². The first kappa shape index (κ1) is 26.2. The molecule has 6 rings (SSSR count). The molecule has 202 valence electrons. The number of benzene rings is 1. The van der Waals surface area contributed by atoms with Gasteiger partial charge in [-0.05, 0) is 105 Å². The van der Waals surface area contributed by atoms with E-state index in [1.807, 2.05) is 0 Å². The van der Waals surface area contributed by atoms with Gasteiger partial charge in [0.25, 0.3) is 0 Å². The van der Waals surface area contributed by atoms with Crippen molar-refractivity contribution in [1.29, 1.82) is 0 Å². The van der Waals surface area contributed by atoms with Crippen LogP contribution in [0.3, 0.4) is 0 Å². The predicted octanol–water partition coefficient (Wildman–Crippen LogP) is 9.91. The second-order valence-corrected chi connectivity index (χ2v) is 11.0. The van der Waals surface area contributed by atoms with Crippen molar-refractivity contribution >= 4 is 5.69 Å². The highest BCUT2D eigenvalue weighted by Crippen LogP contribution is 2.34. The number of hydrogen-bond donors (Lipinski definition) is 0. The number of rotatable bonds is 8. The standard InChI is InChI=1S/C38H40N2/c1-5-13-33(14-6-1)39(34-15-7-2-8-16-34)37-27-23-31(24-28-37)21-22-32-25-29-38(30-26-32)40(35-17-9-3-10-18-35)36-19-11-4-12-20-36/h1,3,5-7,9-11,13-17,19-23,25,27,29,35H,2,4,8,12,18,24,26,28,30H2/b22-21+. The van der Waals surface area contributed by atoms with Gasteiger partial charge in [0.05, 0.1) is 6.04 Å². The van der Waals surface area contributed by atoms with Crippen LogP contribution in [0, 0.1) is 0 Å². The minimum Gasteiger partial charge on any atom is -0.338 e. The number of hydrogen-bond acceptors (Lipinski definition) is 2. The van der Waals surface area contributed by atoms with Crippen LogP contribution in [-0.4, -0.2) is 10.9 Å². The molecule has 40 heavy (non-hydrogen) atoms. The van der Waals surface area contributed by atoms with Crippen LogP contribution in [0.25, 0.3) is 0 Å². The summed E-state index contributed by atoms with van der Waals surface area (Å²) >= 11 is 0. The molecule has 0 fully saturated rings. The summed E-state index contributed by atoms with van der Waals surface area (Å²) in [5.41, 5.74) is 9.49. The Hall–Kier alpha value is -4.04. The van der Waals surface area contributed by atoms with Gasteiger partial charge in [-0.15, -0.1) is 0 Å². The molecular formula is C38H40N2. The van der Waals surface area contributed by atoms with Crippen LogP contribution in [-0.2, 0) is 0 Å². The third kappa shape index (κ3) is 6.23. The van der Waals surface area contributed by atoms with Gasteiger partial charge in [0.1, 0.15) is 0 Å². The van der Waals surface area contributed by atoms with E-state index in [9.17, 15) is 0 Å². The Morgan fingerprint density at radius 2 is 1.30 bits per heavy atom. The molecule has 0 saturated carbocycles. The fourth-order valence-corrected chi connectivity index (χ4v) is 6.09. The van der Waals surface area contributed by atoms with E-state index in [2.05, 4.69) is 137 Å². The molecule has 0 bridgehead atoms. The predicted molar refractivity (Wildman–Crippen MR) is 170 cm³/mol. The van der Waals surface area contributed by atoms with Crippen molar-refractivity contribution in [1.82, 2.24) is 4.90 Å². The molecule has 2 nitrogen and oxygen atoms in total. The normalized spacial score (nSPS) is 22.2. The molecule has 0 spiro atoms. The van der Waals surface area contributed by atoms with E-state index in [1.54, 1.807) is 0 Å². The maximum absolute atomic E-state index is 2.57. The fourth-order valence-electron chi connectivity index (χ4n) is 6.09. The van der Waals surface area contributed by atoms with Crippen LogP contribution in [0.2, 0.25) is 0 Å². The lowest BCUT2D eigenvalue weighted by atomic mass is 9.95. The van der Waals surface area contributed by atoms with Gasteiger partial charge in [0.15, 0.2) is 0 Å². The number of nitrogens with zero attached hydrogens (tertiary/aromatic N) is 2. The summed E-state index contributed by atoms with van der Waals surface area (Å²) in [4.78, 5) is 5.00. The van der Waals surface area contributed by atoms with E-state index in [0.717, 1.165) is 57.8 Å². The van der Waals surface area contributed by atoms with Gasteiger partial charge in [0, 0.05) is 28.5 Å². The smallest absolute Gasteiger partial charge is 0.0556 e. The van der Waals surface area contributed by atoms with Gasteiger partial charge in [-0.3, -0.25) is 0 Å². The number of anilines is 1. The Balaban J connectivity index is 1.17. The molecule has 0 radical (unpaired) electrons. The average molecular weight is 525 g/mol. The maximum atomic E-state index is 2.57. The third-order valence-electron chi connectivity index (χ3n) is 8.22. The molecule has 0 aliphatic heterocycles. The Labute approximate surface area is 240 Å². The lowest BCUT2D eigenvalue weighted by Crippen LogP contribution is -2.33. The maximum Gasteiger partial charge on any atom is 0.0556 e. The van der Waals surface area contributed by atoms with E-state index < -0.39 is 0 Å². The van der Waals surface area contributed by atoms with Crippen LogP contribution in [0.4, 0.5) is 5.69 Å². The van der Waals surface area contributed by atoms with Crippen molar-refractivity contribution in [2.24, 2.45) is 0 Å². The highest BCUT2D eigenvalue weighted by Gasteiger charge is 2.23. The van der Waals surface area contributed by atoms with E-state index in [1.165, 1.54) is 39.6 Å². The molecule has 1 aromatic rings. The first-order chi connectivity index (χ1) is 19.8. The van der Waals surface area contributed by atoms with E-state index in [-0.39, 0.29) is 0 Å². The van der Waals surface area contributed by atoms with Crippen LogP contribution in [0.1, 0.15) is 57.8 Å². The molecule has 5 aliphatic rings. The molecule has 1 unspecified atom stereocenters. The van der Waals surface area contributed by atoms with Gasteiger partial charge in [-0.1, -0.05) is 91.1 Å². The molecule has 1 atom stereocenters. The van der Waals surface area contributed by atoms with Gasteiger partial charge >= 0.3 is 0 Å². The summed E-state index contributed by atoms with van der Waals surface area (Å²) in [5.74, 6) is 0. The van der Waals surface area contributed by atoms with Crippen LogP contribution < -0.4 is 4.90 Å². The summed E-state index contributed by atoms with van der Waals surface area (Å²) in [5, 5.41) is 0. The Morgan fingerprint density at radius 3 is 1.88 bits per heavy atom. The van der Waals surface area contributed by atoms with E-state index in [0.29, 0.717) is 6.04 Å². The minimum absolute atomic E-state index is 0.402. The molecule has 0 aromatic heterocycles. The Morgan fingerprint density at radius 1 is 0.625 bits per heavy atom. The van der Waals surface area contributed by atoms with Crippen molar-refractivity contribution in [2.75, 3.05) is 4.90 Å². The van der Waals surface area contributed by atoms with E-state index >= 15 is 0 Å². The summed E-state index contributed by atoms with van der Waals surface area (Å²) in [6.07, 6.45) is 46.8. The van der Waals surface area contributed by atoms with Gasteiger partial charge in [-0.25, -0.2) is 0 Å². The van der Waals surface area contributed by atoms with Crippen LogP contribution in [0.5, 0.6) is 0 Å². The summed E-state index contributed by atoms with van der Waals surface area (Å²) in [6, 6.07) is 11.2. The molecule has 0 heterocycles. The first-order valence-corrected chi connectivity index (χ1v) is 15.0. The minimum atomic E-state index is 0.402. The van der Waals surface area contributed by atoms with Crippen LogP contribution >= 0.6 is 0 Å². The summed E-state index contributed by atoms with van der Waals surface area (Å²) < 4.78 is 0. The van der Waals surface area contributed by atoms with E-state index in [4.69, 9.17) is 0 Å². The lowest BCUT2D eigenvalue weighted by Gasteiger charge is -2.37. The second-order valence-electron chi connectivity index (χ2n) is 11.0. The zero-order chi connectivity index (χ0) is 27.0. The highest BCUT2D eigenvalue weighted by atomic mass is 15.2. The fraction of sp³-hybridized carbons (Fsp3) is 0.263.